The number of hydrogen-bond donors (Lipinski definition) is 5. The summed E-state index contributed by atoms with van der Waals surface area (Å²) in [6.07, 6.45) is 9.45. The highest BCUT2D eigenvalue weighted by Crippen LogP contribution is 2.30. The van der Waals surface area contributed by atoms with Crippen molar-refractivity contribution in [2.45, 2.75) is 27.7 Å². The normalized spacial score (nSPS) is 10.4. The van der Waals surface area contributed by atoms with E-state index in [1.807, 2.05) is 119 Å². The van der Waals surface area contributed by atoms with Gasteiger partial charge in [-0.1, -0.05) is 112 Å². The van der Waals surface area contributed by atoms with Crippen LogP contribution in [0.4, 0.5) is 0 Å². The predicted octanol–water partition coefficient (Wildman–Crippen LogP) is 9.34. The first-order valence-corrected chi connectivity index (χ1v) is 23.7. The molecule has 69 heavy (non-hydrogen) atoms. The molecule has 0 saturated heterocycles. The molecule has 0 aliphatic carbocycles. The van der Waals surface area contributed by atoms with Gasteiger partial charge in [-0.15, -0.1) is 0 Å². The number of amides is 2. The number of primary amides is 1. The van der Waals surface area contributed by atoms with E-state index >= 15 is 0 Å². The zero-order valence-electron chi connectivity index (χ0n) is 39.7. The number of fused-ring (bicyclic) bond motifs is 2. The lowest BCUT2D eigenvalue weighted by Gasteiger charge is -2.10. The third-order valence-corrected chi connectivity index (χ3v) is 10.7. The Hall–Kier alpha value is -7.56. The van der Waals surface area contributed by atoms with E-state index in [1.165, 1.54) is 0 Å². The van der Waals surface area contributed by atoms with Gasteiger partial charge in [0.1, 0.15) is 24.7 Å². The summed E-state index contributed by atoms with van der Waals surface area (Å²) in [6, 6.07) is 39.1. The minimum absolute atomic E-state index is 0.0177. The number of carbonyl (C=O) groups is 3. The molecule has 0 bridgehead atoms. The molecular formula is C54H59N9O5S. The van der Waals surface area contributed by atoms with Crippen LogP contribution in [0.1, 0.15) is 48.4 Å². The van der Waals surface area contributed by atoms with Crippen molar-refractivity contribution in [3.63, 3.8) is 0 Å². The SMILES string of the molecule is CC.CC(C)C(=O)NCCOc1ccc(-c2ccc(-c3cc(C(N)=O)c4cnccc4n3)cc2)cc1.CNN.CSNCCOc1ccc(-c2ccc(-c3cc(C=O)c4cnccc4n3)cc2)cc1. The van der Waals surface area contributed by atoms with Crippen molar-refractivity contribution in [2.75, 3.05) is 39.6 Å². The summed E-state index contributed by atoms with van der Waals surface area (Å²) in [6.45, 7) is 10.0. The fourth-order valence-electron chi connectivity index (χ4n) is 6.77. The van der Waals surface area contributed by atoms with Crippen LogP contribution in [0.3, 0.4) is 0 Å². The molecule has 0 atom stereocenters. The van der Waals surface area contributed by atoms with E-state index < -0.39 is 5.91 Å². The van der Waals surface area contributed by atoms with Gasteiger partial charge in [-0.3, -0.25) is 40.3 Å². The monoisotopic (exact) mass is 945 g/mol. The number of pyridine rings is 4. The van der Waals surface area contributed by atoms with Crippen LogP contribution in [0.25, 0.3) is 66.6 Å². The number of nitrogens with one attached hydrogen (secondary N) is 3. The van der Waals surface area contributed by atoms with Gasteiger partial charge < -0.3 is 20.5 Å². The zero-order chi connectivity index (χ0) is 49.5. The smallest absolute Gasteiger partial charge is 0.249 e. The Morgan fingerprint density at radius 1 is 0.652 bits per heavy atom. The lowest BCUT2D eigenvalue weighted by Crippen LogP contribution is -2.31. The van der Waals surface area contributed by atoms with Crippen LogP contribution >= 0.6 is 11.9 Å². The van der Waals surface area contributed by atoms with Crippen molar-refractivity contribution < 1.29 is 23.9 Å². The number of carbonyl (C=O) groups excluding carboxylic acids is 3. The molecule has 0 aliphatic heterocycles. The number of nitrogens with two attached hydrogens (primary N) is 2. The van der Waals surface area contributed by atoms with Gasteiger partial charge in [0.05, 0.1) is 34.5 Å². The Kier molecular flexibility index (Phi) is 20.7. The van der Waals surface area contributed by atoms with Crippen LogP contribution in [0.15, 0.2) is 146 Å². The summed E-state index contributed by atoms with van der Waals surface area (Å²) in [4.78, 5) is 52.5. The van der Waals surface area contributed by atoms with E-state index in [2.05, 4.69) is 65.5 Å². The lowest BCUT2D eigenvalue weighted by molar-refractivity contribution is -0.124. The molecule has 8 aromatic rings. The molecule has 8 rings (SSSR count). The first kappa shape index (κ1) is 52.4. The largest absolute Gasteiger partial charge is 0.492 e. The van der Waals surface area contributed by atoms with Gasteiger partial charge in [-0.05, 0) is 84.1 Å². The molecular weight excluding hydrogens is 887 g/mol. The minimum atomic E-state index is -0.511. The van der Waals surface area contributed by atoms with Gasteiger partial charge in [0.15, 0.2) is 6.29 Å². The lowest BCUT2D eigenvalue weighted by atomic mass is 10.0. The van der Waals surface area contributed by atoms with Crippen LogP contribution in [0.2, 0.25) is 0 Å². The Balaban J connectivity index is 0.000000237. The summed E-state index contributed by atoms with van der Waals surface area (Å²) in [7, 11) is 1.65. The van der Waals surface area contributed by atoms with Crippen LogP contribution < -0.4 is 36.5 Å². The second kappa shape index (κ2) is 27.3. The molecule has 2 amide bonds. The van der Waals surface area contributed by atoms with Crippen LogP contribution in [-0.2, 0) is 4.79 Å². The summed E-state index contributed by atoms with van der Waals surface area (Å²) in [5, 5.41) is 4.23. The van der Waals surface area contributed by atoms with Gasteiger partial charge in [-0.25, -0.2) is 9.97 Å². The van der Waals surface area contributed by atoms with Gasteiger partial charge in [0, 0.05) is 64.7 Å². The van der Waals surface area contributed by atoms with E-state index in [0.29, 0.717) is 47.5 Å². The maximum atomic E-state index is 11.9. The fourth-order valence-corrected chi connectivity index (χ4v) is 7.06. The van der Waals surface area contributed by atoms with Crippen molar-refractivity contribution in [1.29, 1.82) is 0 Å². The Labute approximate surface area is 407 Å². The van der Waals surface area contributed by atoms with Crippen molar-refractivity contribution >= 4 is 51.9 Å². The van der Waals surface area contributed by atoms with Crippen LogP contribution in [0, 0.1) is 5.92 Å². The standard InChI is InChI=1S/C27H26N4O3.C24H21N3O2S.C2H6.CH6N2/c1-17(2)27(33)30-13-14-34-21-9-7-19(8-10-21)18-3-5-20(6-4-18)25-15-22(26(28)32)23-16-29-12-11-24(23)31-25;1-30-26-12-13-29-21-8-6-18(7-9-21)17-2-4-19(5-3-17)24-14-20(16-28)22-15-25-11-10-23(22)27-24;1-2;1-3-2/h3-12,15-17H,13-14H2,1-2H3,(H2,28,32)(H,30,33);2-11,14-16,26H,12-13H2,1H3;1-2H3;3H,2H2,1H3. The fraction of sp³-hybridized carbons (Fsp3) is 0.204. The number of aldehydes is 1. The van der Waals surface area contributed by atoms with Gasteiger partial charge in [0.2, 0.25) is 11.8 Å². The summed E-state index contributed by atoms with van der Waals surface area (Å²) >= 11 is 1.58. The first-order chi connectivity index (χ1) is 33.6. The number of nitrogens with zero attached hydrogens (tertiary/aromatic N) is 4. The molecule has 4 heterocycles. The summed E-state index contributed by atoms with van der Waals surface area (Å²) in [5.74, 6) is 5.67. The number of hydrazine groups is 1. The third-order valence-electron chi connectivity index (χ3n) is 10.2. The van der Waals surface area contributed by atoms with E-state index in [4.69, 9.17) is 15.2 Å². The molecule has 356 valence electrons. The Bertz CT molecular complexity index is 2880. The van der Waals surface area contributed by atoms with Crippen LogP contribution in [0.5, 0.6) is 11.5 Å². The zero-order valence-corrected chi connectivity index (χ0v) is 40.5. The van der Waals surface area contributed by atoms with Crippen molar-refractivity contribution in [3.8, 4) is 56.3 Å². The summed E-state index contributed by atoms with van der Waals surface area (Å²) < 4.78 is 14.6. The second-order valence-corrected chi connectivity index (χ2v) is 15.8. The highest BCUT2D eigenvalue weighted by Gasteiger charge is 2.13. The highest BCUT2D eigenvalue weighted by molar-refractivity contribution is 7.96. The maximum absolute atomic E-state index is 11.9. The molecule has 7 N–H and O–H groups in total. The van der Waals surface area contributed by atoms with Crippen molar-refractivity contribution in [3.05, 3.63) is 157 Å². The quantitative estimate of drug-likeness (QED) is 0.0201. The van der Waals surface area contributed by atoms with Gasteiger partial charge in [0.25, 0.3) is 0 Å². The number of ether oxygens (including phenoxy) is 2. The molecule has 0 radical (unpaired) electrons. The summed E-state index contributed by atoms with van der Waals surface area (Å²) in [5.41, 5.74) is 17.8. The van der Waals surface area contributed by atoms with Gasteiger partial charge in [-0.2, -0.15) is 0 Å². The first-order valence-electron chi connectivity index (χ1n) is 22.4. The number of rotatable bonds is 16. The Morgan fingerprint density at radius 2 is 1.07 bits per heavy atom. The second-order valence-electron chi connectivity index (χ2n) is 15.2. The molecule has 14 nitrogen and oxygen atoms in total. The minimum Gasteiger partial charge on any atom is -0.492 e. The number of hydrogen-bond acceptors (Lipinski definition) is 13. The molecule has 4 aromatic heterocycles. The van der Waals surface area contributed by atoms with Crippen LogP contribution in [-0.4, -0.2) is 77.6 Å². The molecule has 0 fully saturated rings. The topological polar surface area (TPSA) is 209 Å². The molecule has 0 spiro atoms. The molecule has 0 unspecified atom stereocenters. The van der Waals surface area contributed by atoms with Crippen molar-refractivity contribution in [2.24, 2.45) is 17.5 Å². The number of benzene rings is 4. The van der Waals surface area contributed by atoms with E-state index in [-0.39, 0.29) is 11.8 Å². The maximum Gasteiger partial charge on any atom is 0.249 e. The molecule has 4 aromatic carbocycles. The third kappa shape index (κ3) is 15.0. The molecule has 15 heteroatoms. The van der Waals surface area contributed by atoms with Crippen molar-refractivity contribution in [1.82, 2.24) is 35.4 Å². The van der Waals surface area contributed by atoms with E-state index in [9.17, 15) is 14.4 Å². The van der Waals surface area contributed by atoms with E-state index in [1.54, 1.807) is 55.9 Å². The van der Waals surface area contributed by atoms with Gasteiger partial charge >= 0.3 is 0 Å². The highest BCUT2D eigenvalue weighted by atomic mass is 32.2. The predicted molar refractivity (Wildman–Crippen MR) is 280 cm³/mol. The average Bonchev–Trinajstić information content (AvgIpc) is 3.39. The molecule has 0 aliphatic rings. The Morgan fingerprint density at radius 3 is 1.52 bits per heavy atom. The van der Waals surface area contributed by atoms with E-state index in [0.717, 1.165) is 74.3 Å². The molecule has 0 saturated carbocycles. The number of aromatic nitrogens is 4. The average molecular weight is 946 g/mol.